The lowest BCUT2D eigenvalue weighted by molar-refractivity contribution is -0.133. The first kappa shape index (κ1) is 19.8. The number of anilines is 1. The number of likely N-dealkylation sites (tertiary alicyclic amines) is 1. The zero-order valence-corrected chi connectivity index (χ0v) is 17.7. The Hall–Kier alpha value is -3.16. The predicted octanol–water partition coefficient (Wildman–Crippen LogP) is 1.73. The van der Waals surface area contributed by atoms with Crippen LogP contribution in [0.2, 0.25) is 0 Å². The fourth-order valence-corrected chi connectivity index (χ4v) is 5.68. The zero-order valence-electron chi connectivity index (χ0n) is 17.7. The van der Waals surface area contributed by atoms with Gasteiger partial charge in [-0.15, -0.1) is 0 Å². The van der Waals surface area contributed by atoms with Crippen molar-refractivity contribution in [2.24, 2.45) is 10.8 Å². The third kappa shape index (κ3) is 3.12. The summed E-state index contributed by atoms with van der Waals surface area (Å²) in [5, 5.41) is 3.07. The second-order valence-corrected chi connectivity index (χ2v) is 8.79. The van der Waals surface area contributed by atoms with Crippen LogP contribution >= 0.6 is 0 Å². The van der Waals surface area contributed by atoms with E-state index in [1.54, 1.807) is 25.6 Å². The van der Waals surface area contributed by atoms with E-state index in [-0.39, 0.29) is 17.2 Å². The molecule has 2 spiro atoms. The van der Waals surface area contributed by atoms with Crippen molar-refractivity contribution in [3.63, 3.8) is 0 Å². The quantitative estimate of drug-likeness (QED) is 0.812. The molecule has 8 nitrogen and oxygen atoms in total. The second kappa shape index (κ2) is 7.51. The van der Waals surface area contributed by atoms with Crippen LogP contribution in [0.15, 0.2) is 42.7 Å². The van der Waals surface area contributed by atoms with E-state index in [9.17, 15) is 9.59 Å². The number of rotatable bonds is 3. The standard InChI is InChI=1S/C23H27N5O3/c1-31-18-5-3-17(4-6-18)19(29)27-13-8-22(9-14-27)15-28(21-25-10-2-11-26-21)16-23(22)7-12-24-20(23)30/h2-6,10-11H,7-9,12-16H2,1H3,(H,24,30)/t23-/m1/s1. The van der Waals surface area contributed by atoms with Crippen LogP contribution in [0.25, 0.3) is 0 Å². The number of hydrogen-bond donors (Lipinski definition) is 1. The Morgan fingerprint density at radius 2 is 1.77 bits per heavy atom. The molecule has 1 atom stereocenters. The van der Waals surface area contributed by atoms with Gasteiger partial charge in [0, 0.05) is 56.1 Å². The molecule has 1 N–H and O–H groups in total. The lowest BCUT2D eigenvalue weighted by Gasteiger charge is -2.46. The molecule has 5 rings (SSSR count). The van der Waals surface area contributed by atoms with Crippen molar-refractivity contribution in [3.8, 4) is 5.75 Å². The summed E-state index contributed by atoms with van der Waals surface area (Å²) in [6, 6.07) is 9.04. The minimum absolute atomic E-state index is 0.0312. The highest BCUT2D eigenvalue weighted by molar-refractivity contribution is 5.94. The van der Waals surface area contributed by atoms with Crippen LogP contribution in [0.5, 0.6) is 5.75 Å². The van der Waals surface area contributed by atoms with E-state index in [0.29, 0.717) is 37.7 Å². The molecule has 162 valence electrons. The number of carbonyl (C=O) groups excluding carboxylic acids is 2. The molecule has 0 aliphatic carbocycles. The first-order chi connectivity index (χ1) is 15.1. The number of hydrogen-bond acceptors (Lipinski definition) is 6. The van der Waals surface area contributed by atoms with E-state index < -0.39 is 5.41 Å². The van der Waals surface area contributed by atoms with E-state index in [1.807, 2.05) is 29.2 Å². The maximum Gasteiger partial charge on any atom is 0.253 e. The number of aromatic nitrogens is 2. The summed E-state index contributed by atoms with van der Waals surface area (Å²) < 4.78 is 5.19. The van der Waals surface area contributed by atoms with Gasteiger partial charge < -0.3 is 19.9 Å². The molecule has 0 radical (unpaired) electrons. The number of piperidine rings is 1. The van der Waals surface area contributed by atoms with Crippen LogP contribution in [0.1, 0.15) is 29.6 Å². The van der Waals surface area contributed by atoms with Crippen molar-refractivity contribution in [3.05, 3.63) is 48.3 Å². The average molecular weight is 422 g/mol. The maximum atomic E-state index is 13.1. The van der Waals surface area contributed by atoms with Gasteiger partial charge in [-0.25, -0.2) is 9.97 Å². The first-order valence-corrected chi connectivity index (χ1v) is 10.8. The molecule has 0 bridgehead atoms. The van der Waals surface area contributed by atoms with Gasteiger partial charge in [0.05, 0.1) is 12.5 Å². The number of methoxy groups -OCH3 is 1. The first-order valence-electron chi connectivity index (χ1n) is 10.8. The minimum Gasteiger partial charge on any atom is -0.497 e. The van der Waals surface area contributed by atoms with Crippen LogP contribution in [0.3, 0.4) is 0 Å². The van der Waals surface area contributed by atoms with Crippen LogP contribution in [0, 0.1) is 10.8 Å². The maximum absolute atomic E-state index is 13.1. The molecule has 31 heavy (non-hydrogen) atoms. The Balaban J connectivity index is 1.36. The number of amides is 2. The van der Waals surface area contributed by atoms with Gasteiger partial charge in [-0.2, -0.15) is 0 Å². The Kier molecular flexibility index (Phi) is 4.79. The molecule has 1 aromatic heterocycles. The molecule has 2 amide bonds. The van der Waals surface area contributed by atoms with Crippen molar-refractivity contribution in [1.29, 1.82) is 0 Å². The topological polar surface area (TPSA) is 87.7 Å². The Bertz CT molecular complexity index is 972. The van der Waals surface area contributed by atoms with Gasteiger partial charge in [0.2, 0.25) is 11.9 Å². The summed E-state index contributed by atoms with van der Waals surface area (Å²) in [5.41, 5.74) is 0.0427. The smallest absolute Gasteiger partial charge is 0.253 e. The third-order valence-electron chi connectivity index (χ3n) is 7.42. The highest BCUT2D eigenvalue weighted by Crippen LogP contribution is 2.56. The van der Waals surface area contributed by atoms with Crippen molar-refractivity contribution < 1.29 is 14.3 Å². The van der Waals surface area contributed by atoms with Crippen LogP contribution in [0.4, 0.5) is 5.95 Å². The minimum atomic E-state index is -0.443. The number of carbonyl (C=O) groups is 2. The Morgan fingerprint density at radius 3 is 2.39 bits per heavy atom. The monoisotopic (exact) mass is 421 g/mol. The molecular weight excluding hydrogens is 394 g/mol. The number of nitrogens with one attached hydrogen (secondary N) is 1. The van der Waals surface area contributed by atoms with E-state index in [4.69, 9.17) is 4.74 Å². The third-order valence-corrected chi connectivity index (χ3v) is 7.42. The molecule has 2 aromatic rings. The molecule has 3 aliphatic heterocycles. The lowest BCUT2D eigenvalue weighted by Crippen LogP contribution is -2.53. The Labute approximate surface area is 181 Å². The molecule has 4 heterocycles. The summed E-state index contributed by atoms with van der Waals surface area (Å²) >= 11 is 0. The number of ether oxygens (including phenoxy) is 1. The number of nitrogens with zero attached hydrogens (tertiary/aromatic N) is 4. The van der Waals surface area contributed by atoms with E-state index in [0.717, 1.165) is 31.6 Å². The summed E-state index contributed by atoms with van der Waals surface area (Å²) in [6.07, 6.45) is 5.90. The molecule has 0 saturated carbocycles. The molecule has 3 saturated heterocycles. The van der Waals surface area contributed by atoms with E-state index in [2.05, 4.69) is 20.2 Å². The highest BCUT2D eigenvalue weighted by Gasteiger charge is 2.64. The fraction of sp³-hybridized carbons (Fsp3) is 0.478. The predicted molar refractivity (Wildman–Crippen MR) is 115 cm³/mol. The van der Waals surface area contributed by atoms with Crippen LogP contribution < -0.4 is 15.0 Å². The molecular formula is C23H27N5O3. The molecule has 8 heteroatoms. The van der Waals surface area contributed by atoms with Gasteiger partial charge in [-0.3, -0.25) is 9.59 Å². The van der Waals surface area contributed by atoms with Crippen molar-refractivity contribution >= 4 is 17.8 Å². The molecule has 1 aromatic carbocycles. The van der Waals surface area contributed by atoms with Gasteiger partial charge in [0.1, 0.15) is 5.75 Å². The van der Waals surface area contributed by atoms with Crippen LogP contribution in [-0.4, -0.2) is 66.5 Å². The Morgan fingerprint density at radius 1 is 1.06 bits per heavy atom. The second-order valence-electron chi connectivity index (χ2n) is 8.79. The molecule has 0 unspecified atom stereocenters. The summed E-state index contributed by atoms with van der Waals surface area (Å²) in [6.45, 7) is 3.37. The van der Waals surface area contributed by atoms with Gasteiger partial charge in [-0.1, -0.05) is 0 Å². The van der Waals surface area contributed by atoms with Gasteiger partial charge in [-0.05, 0) is 49.6 Å². The summed E-state index contributed by atoms with van der Waals surface area (Å²) in [7, 11) is 1.61. The van der Waals surface area contributed by atoms with Gasteiger partial charge in [0.25, 0.3) is 5.91 Å². The van der Waals surface area contributed by atoms with E-state index >= 15 is 0 Å². The zero-order chi connectivity index (χ0) is 21.5. The van der Waals surface area contributed by atoms with Crippen molar-refractivity contribution in [2.45, 2.75) is 19.3 Å². The normalized spacial score (nSPS) is 24.6. The van der Waals surface area contributed by atoms with Crippen molar-refractivity contribution in [2.75, 3.05) is 44.7 Å². The SMILES string of the molecule is COc1ccc(C(=O)N2CCC3(CC2)CN(c2ncccn2)C[C@@]32CCNC2=O)cc1. The van der Waals surface area contributed by atoms with Crippen LogP contribution in [-0.2, 0) is 4.79 Å². The largest absolute Gasteiger partial charge is 0.497 e. The number of benzene rings is 1. The fourth-order valence-electron chi connectivity index (χ4n) is 5.68. The summed E-state index contributed by atoms with van der Waals surface area (Å²) in [5.74, 6) is 1.58. The number of fused-ring (bicyclic) bond motifs is 1. The average Bonchev–Trinajstić information content (AvgIpc) is 3.35. The van der Waals surface area contributed by atoms with E-state index in [1.165, 1.54) is 0 Å². The lowest BCUT2D eigenvalue weighted by atomic mass is 9.60. The molecule has 3 aliphatic rings. The van der Waals surface area contributed by atoms with Gasteiger partial charge >= 0.3 is 0 Å². The van der Waals surface area contributed by atoms with Crippen molar-refractivity contribution in [1.82, 2.24) is 20.2 Å². The highest BCUT2D eigenvalue weighted by atomic mass is 16.5. The summed E-state index contributed by atoms with van der Waals surface area (Å²) in [4.78, 5) is 39.0. The van der Waals surface area contributed by atoms with Gasteiger partial charge in [0.15, 0.2) is 0 Å². The molecule has 3 fully saturated rings.